The van der Waals surface area contributed by atoms with Gasteiger partial charge < -0.3 is 39.7 Å². The Morgan fingerprint density at radius 3 is 1.29 bits per heavy atom. The van der Waals surface area contributed by atoms with Crippen molar-refractivity contribution in [2.24, 2.45) is 11.3 Å². The smallest absolute Gasteiger partial charge is 0.339 e. The maximum Gasteiger partial charge on any atom is 0.339 e. The van der Waals surface area contributed by atoms with Crippen molar-refractivity contribution in [3.05, 3.63) is 0 Å². The number of ether oxygens (including phenoxy) is 3. The third-order valence-electron chi connectivity index (χ3n) is 6.02. The summed E-state index contributed by atoms with van der Waals surface area (Å²) < 4.78 is 14.0. The molecule has 0 aromatic carbocycles. The van der Waals surface area contributed by atoms with E-state index >= 15 is 0 Å². The predicted octanol–water partition coefficient (Wildman–Crippen LogP) is 0.991. The van der Waals surface area contributed by atoms with Crippen LogP contribution in [0.25, 0.3) is 0 Å². The van der Waals surface area contributed by atoms with Crippen LogP contribution in [0.4, 0.5) is 0 Å². The highest BCUT2D eigenvalue weighted by molar-refractivity contribution is 5.93. The molecule has 14 heteroatoms. The zero-order chi connectivity index (χ0) is 30.3. The number of carboxylic acids is 3. The van der Waals surface area contributed by atoms with Crippen LogP contribution in [-0.4, -0.2) is 92.4 Å². The minimum absolute atomic E-state index is 0.0206. The standard InChI is InChI=1S/2C12H20O7/c1-4-17-9(13)7-12(16,11(15)19-6-3)8-10(14)18-5-2;1-4-7(8(13)14)12(19,10(17)18)11(5-2,6-3)9(15)16/h16H,4-8H2,1-3H3;7,19H,4-6H2,1-3H3,(H,13,14)(H,15,16)(H,17,18). The number of carboxylic acid groups (broad SMARTS) is 3. The minimum atomic E-state index is -2.86. The molecule has 0 aliphatic rings. The summed E-state index contributed by atoms with van der Waals surface area (Å²) in [5, 5.41) is 48.2. The Labute approximate surface area is 220 Å². The zero-order valence-corrected chi connectivity index (χ0v) is 22.6. The summed E-state index contributed by atoms with van der Waals surface area (Å²) in [5.41, 5.74) is -7.16. The number of carbonyl (C=O) groups excluding carboxylic acids is 3. The van der Waals surface area contributed by atoms with Crippen molar-refractivity contribution >= 4 is 35.8 Å². The summed E-state index contributed by atoms with van der Waals surface area (Å²) in [6, 6.07) is 0. The van der Waals surface area contributed by atoms with Crippen LogP contribution >= 0.6 is 0 Å². The highest BCUT2D eigenvalue weighted by atomic mass is 16.6. The molecule has 0 aliphatic heterocycles. The summed E-state index contributed by atoms with van der Waals surface area (Å²) in [6.45, 7) is 9.19. The van der Waals surface area contributed by atoms with Gasteiger partial charge in [-0.15, -0.1) is 0 Å². The molecule has 0 aliphatic carbocycles. The third-order valence-corrected chi connectivity index (χ3v) is 6.02. The van der Waals surface area contributed by atoms with Gasteiger partial charge in [0.1, 0.15) is 5.41 Å². The van der Waals surface area contributed by atoms with Crippen molar-refractivity contribution < 1.29 is 68.5 Å². The van der Waals surface area contributed by atoms with Crippen molar-refractivity contribution in [2.75, 3.05) is 19.8 Å². The first kappa shape index (κ1) is 36.9. The molecular formula is C24H40O14. The summed E-state index contributed by atoms with van der Waals surface area (Å²) in [4.78, 5) is 68.4. The maximum absolute atomic E-state index is 11.7. The first-order valence-corrected chi connectivity index (χ1v) is 12.2. The molecule has 220 valence electrons. The van der Waals surface area contributed by atoms with Gasteiger partial charge in [0.25, 0.3) is 0 Å². The van der Waals surface area contributed by atoms with Crippen LogP contribution < -0.4 is 0 Å². The fourth-order valence-corrected chi connectivity index (χ4v) is 3.96. The van der Waals surface area contributed by atoms with Crippen LogP contribution in [0.1, 0.15) is 73.6 Å². The molecule has 0 radical (unpaired) electrons. The molecule has 0 saturated heterocycles. The normalized spacial score (nSPS) is 13.6. The van der Waals surface area contributed by atoms with E-state index in [4.69, 9.17) is 5.11 Å². The molecule has 2 unspecified atom stereocenters. The van der Waals surface area contributed by atoms with E-state index in [0.717, 1.165) is 0 Å². The van der Waals surface area contributed by atoms with E-state index < -0.39 is 71.2 Å². The Kier molecular flexibility index (Phi) is 16.1. The van der Waals surface area contributed by atoms with E-state index in [1.165, 1.54) is 20.8 Å². The Balaban J connectivity index is 0. The van der Waals surface area contributed by atoms with Crippen LogP contribution in [0.3, 0.4) is 0 Å². The highest BCUT2D eigenvalue weighted by Gasteiger charge is 2.64. The van der Waals surface area contributed by atoms with E-state index in [1.807, 2.05) is 0 Å². The number of carbonyl (C=O) groups is 6. The summed E-state index contributed by atoms with van der Waals surface area (Å²) in [7, 11) is 0. The second-order valence-electron chi connectivity index (χ2n) is 8.18. The van der Waals surface area contributed by atoms with E-state index in [2.05, 4.69) is 14.2 Å². The van der Waals surface area contributed by atoms with Gasteiger partial charge in [-0.3, -0.25) is 19.2 Å². The van der Waals surface area contributed by atoms with Crippen molar-refractivity contribution in [1.82, 2.24) is 0 Å². The van der Waals surface area contributed by atoms with Crippen LogP contribution in [0.5, 0.6) is 0 Å². The quantitative estimate of drug-likeness (QED) is 0.133. The number of hydrogen-bond donors (Lipinski definition) is 5. The van der Waals surface area contributed by atoms with Gasteiger partial charge in [0.05, 0.1) is 38.6 Å². The Morgan fingerprint density at radius 1 is 0.658 bits per heavy atom. The van der Waals surface area contributed by atoms with Crippen LogP contribution in [0.15, 0.2) is 0 Å². The average Bonchev–Trinajstić information content (AvgIpc) is 2.80. The molecule has 0 rings (SSSR count). The van der Waals surface area contributed by atoms with Crippen LogP contribution in [0.2, 0.25) is 0 Å². The molecule has 0 bridgehead atoms. The fraction of sp³-hybridized carbons (Fsp3) is 0.750. The molecule has 14 nitrogen and oxygen atoms in total. The molecule has 0 spiro atoms. The van der Waals surface area contributed by atoms with E-state index in [9.17, 15) is 49.2 Å². The third kappa shape index (κ3) is 8.94. The van der Waals surface area contributed by atoms with Crippen molar-refractivity contribution in [3.8, 4) is 0 Å². The minimum Gasteiger partial charge on any atom is -0.481 e. The number of aliphatic hydroxyl groups is 2. The monoisotopic (exact) mass is 552 g/mol. The Morgan fingerprint density at radius 2 is 1.05 bits per heavy atom. The summed E-state index contributed by atoms with van der Waals surface area (Å²) >= 11 is 0. The summed E-state index contributed by atoms with van der Waals surface area (Å²) in [6.07, 6.45) is -1.87. The number of aliphatic carboxylic acids is 3. The molecular weight excluding hydrogens is 512 g/mol. The van der Waals surface area contributed by atoms with Crippen molar-refractivity contribution in [1.29, 1.82) is 0 Å². The maximum atomic E-state index is 11.7. The number of esters is 3. The molecule has 0 amide bonds. The van der Waals surface area contributed by atoms with E-state index in [-0.39, 0.29) is 39.1 Å². The van der Waals surface area contributed by atoms with Gasteiger partial charge in [-0.2, -0.15) is 0 Å². The molecule has 0 heterocycles. The molecule has 0 fully saturated rings. The van der Waals surface area contributed by atoms with Gasteiger partial charge in [0.2, 0.25) is 0 Å². The second-order valence-corrected chi connectivity index (χ2v) is 8.18. The first-order valence-electron chi connectivity index (χ1n) is 12.2. The highest BCUT2D eigenvalue weighted by Crippen LogP contribution is 2.45. The second kappa shape index (κ2) is 16.6. The molecule has 38 heavy (non-hydrogen) atoms. The zero-order valence-electron chi connectivity index (χ0n) is 22.6. The Bertz CT molecular complexity index is 812. The topological polar surface area (TPSA) is 231 Å². The molecule has 0 aromatic rings. The number of rotatable bonds is 16. The lowest BCUT2D eigenvalue weighted by molar-refractivity contribution is -0.205. The summed E-state index contributed by atoms with van der Waals surface area (Å²) in [5.74, 6) is -9.18. The number of hydrogen-bond acceptors (Lipinski definition) is 11. The van der Waals surface area contributed by atoms with Gasteiger partial charge in [-0.25, -0.2) is 9.59 Å². The van der Waals surface area contributed by atoms with Gasteiger partial charge in [-0.1, -0.05) is 20.8 Å². The largest absolute Gasteiger partial charge is 0.481 e. The Hall–Kier alpha value is -3.26. The van der Waals surface area contributed by atoms with E-state index in [0.29, 0.717) is 0 Å². The van der Waals surface area contributed by atoms with Crippen molar-refractivity contribution in [3.63, 3.8) is 0 Å². The molecule has 0 saturated carbocycles. The predicted molar refractivity (Wildman–Crippen MR) is 129 cm³/mol. The van der Waals surface area contributed by atoms with Gasteiger partial charge in [0, 0.05) is 0 Å². The average molecular weight is 553 g/mol. The molecule has 0 aromatic heterocycles. The first-order chi connectivity index (χ1) is 17.5. The molecule has 5 N–H and O–H groups in total. The van der Waals surface area contributed by atoms with Gasteiger partial charge >= 0.3 is 35.8 Å². The van der Waals surface area contributed by atoms with Crippen LogP contribution in [0, 0.1) is 11.3 Å². The van der Waals surface area contributed by atoms with Gasteiger partial charge in [0.15, 0.2) is 11.2 Å². The van der Waals surface area contributed by atoms with Crippen LogP contribution in [-0.2, 0) is 43.0 Å². The lowest BCUT2D eigenvalue weighted by atomic mass is 9.61. The van der Waals surface area contributed by atoms with E-state index in [1.54, 1.807) is 20.8 Å². The lowest BCUT2D eigenvalue weighted by Gasteiger charge is -2.43. The fourth-order valence-electron chi connectivity index (χ4n) is 3.96. The van der Waals surface area contributed by atoms with Gasteiger partial charge in [-0.05, 0) is 40.0 Å². The SMILES string of the molecule is CCC(C(=O)O)C(O)(C(=O)O)C(CC)(CC)C(=O)O.CCOC(=O)CC(O)(CC(=O)OCC)C(=O)OCC. The lowest BCUT2D eigenvalue weighted by Crippen LogP contribution is -2.63. The van der Waals surface area contributed by atoms with Crippen molar-refractivity contribution in [2.45, 2.75) is 84.8 Å². The molecule has 2 atom stereocenters.